The smallest absolute Gasteiger partial charge is 0.231 e. The SMILES string of the molecule is CC[C@H](C)Sc1nnc(NC(=O)[C@H]2CC(=O)N(c3ccc(C)cc3)C2)s1. The number of carbonyl (C=O) groups excluding carboxylic acids is 2. The van der Waals surface area contributed by atoms with Crippen molar-refractivity contribution in [2.24, 2.45) is 5.92 Å². The lowest BCUT2D eigenvalue weighted by molar-refractivity contribution is -0.122. The maximum Gasteiger partial charge on any atom is 0.231 e. The van der Waals surface area contributed by atoms with Gasteiger partial charge in [0.15, 0.2) is 4.34 Å². The summed E-state index contributed by atoms with van der Waals surface area (Å²) >= 11 is 3.03. The summed E-state index contributed by atoms with van der Waals surface area (Å²) < 4.78 is 0.846. The van der Waals surface area contributed by atoms with Crippen LogP contribution in [0.15, 0.2) is 28.6 Å². The molecule has 3 rings (SSSR count). The van der Waals surface area contributed by atoms with E-state index in [1.54, 1.807) is 16.7 Å². The van der Waals surface area contributed by atoms with Crippen molar-refractivity contribution < 1.29 is 9.59 Å². The highest BCUT2D eigenvalue weighted by Gasteiger charge is 2.35. The zero-order valence-electron chi connectivity index (χ0n) is 15.1. The number of amides is 2. The number of rotatable bonds is 6. The first-order valence-electron chi connectivity index (χ1n) is 8.64. The first-order chi connectivity index (χ1) is 12.5. The monoisotopic (exact) mass is 390 g/mol. The summed E-state index contributed by atoms with van der Waals surface area (Å²) in [5, 5.41) is 11.9. The van der Waals surface area contributed by atoms with E-state index in [9.17, 15) is 9.59 Å². The summed E-state index contributed by atoms with van der Waals surface area (Å²) in [6.07, 6.45) is 1.26. The number of aromatic nitrogens is 2. The van der Waals surface area contributed by atoms with Gasteiger partial charge in [-0.25, -0.2) is 0 Å². The van der Waals surface area contributed by atoms with Crippen molar-refractivity contribution in [3.63, 3.8) is 0 Å². The van der Waals surface area contributed by atoms with Crippen molar-refractivity contribution in [3.05, 3.63) is 29.8 Å². The van der Waals surface area contributed by atoms with E-state index in [1.807, 2.05) is 31.2 Å². The van der Waals surface area contributed by atoms with Crippen LogP contribution in [0.1, 0.15) is 32.3 Å². The van der Waals surface area contributed by atoms with Crippen molar-refractivity contribution in [2.75, 3.05) is 16.8 Å². The lowest BCUT2D eigenvalue weighted by Crippen LogP contribution is -2.28. The number of carbonyl (C=O) groups is 2. The normalized spacial score (nSPS) is 18.2. The van der Waals surface area contributed by atoms with Gasteiger partial charge in [-0.1, -0.05) is 54.6 Å². The van der Waals surface area contributed by atoms with Gasteiger partial charge in [-0.15, -0.1) is 10.2 Å². The summed E-state index contributed by atoms with van der Waals surface area (Å²) in [6, 6.07) is 7.76. The van der Waals surface area contributed by atoms with Crippen molar-refractivity contribution in [1.82, 2.24) is 10.2 Å². The number of hydrogen-bond acceptors (Lipinski definition) is 6. The molecule has 1 aromatic carbocycles. The van der Waals surface area contributed by atoms with Gasteiger partial charge in [0.1, 0.15) is 0 Å². The molecule has 26 heavy (non-hydrogen) atoms. The first-order valence-corrected chi connectivity index (χ1v) is 10.3. The Kier molecular flexibility index (Phi) is 5.93. The third kappa shape index (κ3) is 4.42. The molecule has 2 atom stereocenters. The van der Waals surface area contributed by atoms with Gasteiger partial charge in [-0.05, 0) is 25.5 Å². The molecule has 0 bridgehead atoms. The highest BCUT2D eigenvalue weighted by atomic mass is 32.2. The Morgan fingerprint density at radius 2 is 2.12 bits per heavy atom. The number of thioether (sulfide) groups is 1. The number of benzene rings is 1. The summed E-state index contributed by atoms with van der Waals surface area (Å²) in [5.74, 6) is -0.582. The fraction of sp³-hybridized carbons (Fsp3) is 0.444. The van der Waals surface area contributed by atoms with Gasteiger partial charge in [-0.2, -0.15) is 0 Å². The fourth-order valence-electron chi connectivity index (χ4n) is 2.63. The predicted molar refractivity (Wildman–Crippen MR) is 106 cm³/mol. The van der Waals surface area contributed by atoms with Crippen LogP contribution in [-0.4, -0.2) is 33.8 Å². The second-order valence-electron chi connectivity index (χ2n) is 6.44. The molecule has 1 aliphatic rings. The summed E-state index contributed by atoms with van der Waals surface area (Å²) in [4.78, 5) is 26.5. The largest absolute Gasteiger partial charge is 0.312 e. The van der Waals surface area contributed by atoms with E-state index in [4.69, 9.17) is 0 Å². The molecule has 1 fully saturated rings. The number of aryl methyl sites for hydroxylation is 1. The standard InChI is InChI=1S/C18H22N4O2S2/c1-4-12(3)25-18-21-20-17(26-18)19-16(24)13-9-15(23)22(10-13)14-7-5-11(2)6-8-14/h5-8,12-13H,4,9-10H2,1-3H3,(H,19,20,24)/t12-,13-/m0/s1. The molecule has 0 aliphatic carbocycles. The van der Waals surface area contributed by atoms with E-state index < -0.39 is 0 Å². The minimum absolute atomic E-state index is 0.0284. The molecule has 0 unspecified atom stereocenters. The summed E-state index contributed by atoms with van der Waals surface area (Å²) in [6.45, 7) is 6.65. The Bertz CT molecular complexity index is 791. The van der Waals surface area contributed by atoms with Gasteiger partial charge in [0.2, 0.25) is 16.9 Å². The molecule has 0 saturated carbocycles. The summed E-state index contributed by atoms with van der Waals surface area (Å²) in [7, 11) is 0. The highest BCUT2D eigenvalue weighted by Crippen LogP contribution is 2.31. The Hall–Kier alpha value is -1.93. The Morgan fingerprint density at radius 3 is 2.81 bits per heavy atom. The Labute approximate surface area is 161 Å². The second-order valence-corrected chi connectivity index (χ2v) is 9.10. The van der Waals surface area contributed by atoms with Crippen molar-refractivity contribution in [2.45, 2.75) is 43.2 Å². The third-order valence-corrected chi connectivity index (χ3v) is 6.55. The van der Waals surface area contributed by atoms with Crippen LogP contribution in [0.4, 0.5) is 10.8 Å². The van der Waals surface area contributed by atoms with Crippen LogP contribution < -0.4 is 10.2 Å². The highest BCUT2D eigenvalue weighted by molar-refractivity contribution is 8.01. The Morgan fingerprint density at radius 1 is 1.38 bits per heavy atom. The average Bonchev–Trinajstić information content (AvgIpc) is 3.22. The minimum Gasteiger partial charge on any atom is -0.312 e. The molecular weight excluding hydrogens is 368 g/mol. The van der Waals surface area contributed by atoms with Gasteiger partial charge >= 0.3 is 0 Å². The fourth-order valence-corrected chi connectivity index (χ4v) is 4.63. The molecule has 1 aromatic heterocycles. The molecule has 6 nitrogen and oxygen atoms in total. The number of anilines is 2. The van der Waals surface area contributed by atoms with Crippen molar-refractivity contribution >= 4 is 45.7 Å². The average molecular weight is 391 g/mol. The molecule has 2 aromatic rings. The zero-order chi connectivity index (χ0) is 18.7. The molecule has 138 valence electrons. The molecule has 2 amide bonds. The molecule has 8 heteroatoms. The van der Waals surface area contributed by atoms with E-state index in [1.165, 1.54) is 11.3 Å². The lowest BCUT2D eigenvalue weighted by Gasteiger charge is -2.16. The van der Waals surface area contributed by atoms with Crippen LogP contribution in [-0.2, 0) is 9.59 Å². The molecule has 2 heterocycles. The quantitative estimate of drug-likeness (QED) is 0.601. The van der Waals surface area contributed by atoms with Crippen LogP contribution in [0.2, 0.25) is 0 Å². The molecular formula is C18H22N4O2S2. The number of hydrogen-bond donors (Lipinski definition) is 1. The maximum atomic E-state index is 12.5. The molecule has 1 N–H and O–H groups in total. The van der Waals surface area contributed by atoms with Gasteiger partial charge in [0, 0.05) is 23.9 Å². The van der Waals surface area contributed by atoms with Crippen LogP contribution >= 0.6 is 23.1 Å². The van der Waals surface area contributed by atoms with E-state index >= 15 is 0 Å². The maximum absolute atomic E-state index is 12.5. The molecule has 0 spiro atoms. The molecule has 0 radical (unpaired) electrons. The van der Waals surface area contributed by atoms with E-state index in [2.05, 4.69) is 29.4 Å². The first kappa shape index (κ1) is 18.8. The van der Waals surface area contributed by atoms with Crippen molar-refractivity contribution in [1.29, 1.82) is 0 Å². The topological polar surface area (TPSA) is 75.2 Å². The van der Waals surface area contributed by atoms with E-state index in [0.29, 0.717) is 16.9 Å². The van der Waals surface area contributed by atoms with Crippen LogP contribution in [0.3, 0.4) is 0 Å². The van der Waals surface area contributed by atoms with Crippen molar-refractivity contribution in [3.8, 4) is 0 Å². The zero-order valence-corrected chi connectivity index (χ0v) is 16.7. The van der Waals surface area contributed by atoms with Gasteiger partial charge in [0.05, 0.1) is 5.92 Å². The van der Waals surface area contributed by atoms with Gasteiger partial charge in [-0.3, -0.25) is 9.59 Å². The molecule has 1 saturated heterocycles. The Balaban J connectivity index is 1.60. The number of nitrogens with zero attached hydrogens (tertiary/aromatic N) is 3. The van der Waals surface area contributed by atoms with Crippen LogP contribution in [0.25, 0.3) is 0 Å². The molecule has 1 aliphatic heterocycles. The number of nitrogens with one attached hydrogen (secondary N) is 1. The van der Waals surface area contributed by atoms with Crippen LogP contribution in [0.5, 0.6) is 0 Å². The minimum atomic E-state index is -0.377. The summed E-state index contributed by atoms with van der Waals surface area (Å²) in [5.41, 5.74) is 1.97. The van der Waals surface area contributed by atoms with Gasteiger partial charge < -0.3 is 10.2 Å². The van der Waals surface area contributed by atoms with E-state index in [-0.39, 0.29) is 24.2 Å². The lowest BCUT2D eigenvalue weighted by atomic mass is 10.1. The van der Waals surface area contributed by atoms with Crippen LogP contribution in [0, 0.1) is 12.8 Å². The predicted octanol–water partition coefficient (Wildman–Crippen LogP) is 3.73. The van der Waals surface area contributed by atoms with E-state index in [0.717, 1.165) is 22.0 Å². The third-order valence-electron chi connectivity index (χ3n) is 4.35. The second kappa shape index (κ2) is 8.18. The van der Waals surface area contributed by atoms with Gasteiger partial charge in [0.25, 0.3) is 0 Å².